The molecule has 0 aliphatic carbocycles. The van der Waals surface area contributed by atoms with E-state index in [-0.39, 0.29) is 6.61 Å². The van der Waals surface area contributed by atoms with Gasteiger partial charge < -0.3 is 5.11 Å². The minimum absolute atomic E-state index is 0.206. The molecule has 70 valence electrons. The molecule has 0 amide bonds. The Morgan fingerprint density at radius 1 is 1.07 bits per heavy atom. The second-order valence-electron chi connectivity index (χ2n) is 2.39. The van der Waals surface area contributed by atoms with Crippen molar-refractivity contribution in [1.29, 1.82) is 0 Å². The van der Waals surface area contributed by atoms with Crippen molar-refractivity contribution in [3.05, 3.63) is 44.6 Å². The molecular formula is C7H6N6O. The lowest BCUT2D eigenvalue weighted by molar-refractivity contribution is 0.282. The van der Waals surface area contributed by atoms with Crippen LogP contribution in [0.4, 0.5) is 11.4 Å². The first-order chi connectivity index (χ1) is 6.80. The summed E-state index contributed by atoms with van der Waals surface area (Å²) in [7, 11) is 0. The molecule has 7 heteroatoms. The summed E-state index contributed by atoms with van der Waals surface area (Å²) in [5.74, 6) is 0. The molecule has 7 nitrogen and oxygen atoms in total. The van der Waals surface area contributed by atoms with Gasteiger partial charge in [0.15, 0.2) is 0 Å². The molecule has 0 saturated carbocycles. The van der Waals surface area contributed by atoms with Crippen LogP contribution in [0, 0.1) is 0 Å². The molecule has 1 aromatic carbocycles. The predicted octanol–water partition coefficient (Wildman–Crippen LogP) is 3.06. The van der Waals surface area contributed by atoms with Gasteiger partial charge in [0.25, 0.3) is 0 Å². The van der Waals surface area contributed by atoms with Gasteiger partial charge in [0.05, 0.1) is 6.61 Å². The molecule has 1 aromatic rings. The van der Waals surface area contributed by atoms with Crippen molar-refractivity contribution < 1.29 is 5.11 Å². The van der Waals surface area contributed by atoms with Crippen LogP contribution in [0.1, 0.15) is 5.56 Å². The van der Waals surface area contributed by atoms with Gasteiger partial charge in [-0.15, -0.1) is 0 Å². The lowest BCUT2D eigenvalue weighted by atomic mass is 10.2. The summed E-state index contributed by atoms with van der Waals surface area (Å²) in [5, 5.41) is 15.5. The lowest BCUT2D eigenvalue weighted by Crippen LogP contribution is -1.80. The molecule has 0 atom stereocenters. The molecule has 1 N–H and O–H groups in total. The Morgan fingerprint density at radius 3 is 1.93 bits per heavy atom. The standard InChI is InChI=1S/C7H6N6O/c8-12-10-6-1-5(4-14)2-7(3-6)11-13-9/h1-3,14H,4H2. The van der Waals surface area contributed by atoms with Crippen LogP contribution in [0.15, 0.2) is 28.4 Å². The topological polar surface area (TPSA) is 118 Å². The number of nitrogens with zero attached hydrogens (tertiary/aromatic N) is 6. The highest BCUT2D eigenvalue weighted by Gasteiger charge is 1.97. The molecule has 1 rings (SSSR count). The van der Waals surface area contributed by atoms with Crippen molar-refractivity contribution in [2.75, 3.05) is 0 Å². The third-order valence-corrected chi connectivity index (χ3v) is 1.47. The van der Waals surface area contributed by atoms with E-state index in [1.165, 1.54) is 18.2 Å². The van der Waals surface area contributed by atoms with Gasteiger partial charge in [0, 0.05) is 21.2 Å². The summed E-state index contributed by atoms with van der Waals surface area (Å²) in [6, 6.07) is 4.45. The normalized spacial score (nSPS) is 8.64. The largest absolute Gasteiger partial charge is 0.392 e. The smallest absolute Gasteiger partial charge is 0.0682 e. The molecule has 0 heterocycles. The molecule has 0 unspecified atom stereocenters. The first-order valence-corrected chi connectivity index (χ1v) is 3.65. The summed E-state index contributed by atoms with van der Waals surface area (Å²) in [6.45, 7) is -0.206. The van der Waals surface area contributed by atoms with Crippen LogP contribution < -0.4 is 0 Å². The zero-order chi connectivity index (χ0) is 10.4. The maximum Gasteiger partial charge on any atom is 0.0682 e. The second-order valence-corrected chi connectivity index (χ2v) is 2.39. The van der Waals surface area contributed by atoms with Crippen molar-refractivity contribution in [2.24, 2.45) is 10.2 Å². The van der Waals surface area contributed by atoms with Gasteiger partial charge in [-0.1, -0.05) is 10.2 Å². The molecule has 0 saturated heterocycles. The number of azide groups is 2. The summed E-state index contributed by atoms with van der Waals surface area (Å²) in [5.41, 5.74) is 17.5. The highest BCUT2D eigenvalue weighted by atomic mass is 16.3. The maximum absolute atomic E-state index is 8.85. The van der Waals surface area contributed by atoms with E-state index in [9.17, 15) is 0 Å². The van der Waals surface area contributed by atoms with E-state index >= 15 is 0 Å². The van der Waals surface area contributed by atoms with Crippen LogP contribution in [-0.4, -0.2) is 5.11 Å². The van der Waals surface area contributed by atoms with Gasteiger partial charge in [0.2, 0.25) is 0 Å². The lowest BCUT2D eigenvalue weighted by Gasteiger charge is -1.99. The highest BCUT2D eigenvalue weighted by Crippen LogP contribution is 2.23. The SMILES string of the molecule is [N-]=[N+]=Nc1cc(CO)cc(N=[N+]=[N-])c1. The van der Waals surface area contributed by atoms with Gasteiger partial charge in [-0.05, 0) is 34.8 Å². The van der Waals surface area contributed by atoms with Gasteiger partial charge in [-0.25, -0.2) is 0 Å². The Bertz CT molecular complexity index is 394. The average molecular weight is 190 g/mol. The fourth-order valence-electron chi connectivity index (χ4n) is 0.966. The monoisotopic (exact) mass is 190 g/mol. The molecule has 0 aliphatic rings. The molecule has 0 spiro atoms. The van der Waals surface area contributed by atoms with E-state index in [1.807, 2.05) is 0 Å². The number of aliphatic hydroxyl groups is 1. The van der Waals surface area contributed by atoms with Crippen LogP contribution in [-0.2, 0) is 6.61 Å². The fourth-order valence-corrected chi connectivity index (χ4v) is 0.966. The van der Waals surface area contributed by atoms with Crippen LogP contribution in [0.25, 0.3) is 20.9 Å². The molecule has 14 heavy (non-hydrogen) atoms. The minimum atomic E-state index is -0.206. The zero-order valence-electron chi connectivity index (χ0n) is 7.07. The van der Waals surface area contributed by atoms with Crippen molar-refractivity contribution in [2.45, 2.75) is 6.61 Å². The van der Waals surface area contributed by atoms with Gasteiger partial charge in [0.1, 0.15) is 0 Å². The first-order valence-electron chi connectivity index (χ1n) is 3.65. The zero-order valence-corrected chi connectivity index (χ0v) is 7.07. The summed E-state index contributed by atoms with van der Waals surface area (Å²) < 4.78 is 0. The number of hydrogen-bond acceptors (Lipinski definition) is 3. The Labute approximate surface area is 78.9 Å². The predicted molar refractivity (Wildman–Crippen MR) is 50.0 cm³/mol. The number of hydrogen-bond donors (Lipinski definition) is 1. The van der Waals surface area contributed by atoms with Crippen molar-refractivity contribution in [3.63, 3.8) is 0 Å². The van der Waals surface area contributed by atoms with Crippen molar-refractivity contribution in [3.8, 4) is 0 Å². The fraction of sp³-hybridized carbons (Fsp3) is 0.143. The Morgan fingerprint density at radius 2 is 1.57 bits per heavy atom. The summed E-state index contributed by atoms with van der Waals surface area (Å²) >= 11 is 0. The maximum atomic E-state index is 8.85. The Hall–Kier alpha value is -2.20. The third-order valence-electron chi connectivity index (χ3n) is 1.47. The van der Waals surface area contributed by atoms with Crippen LogP contribution in [0.2, 0.25) is 0 Å². The van der Waals surface area contributed by atoms with E-state index in [0.717, 1.165) is 0 Å². The van der Waals surface area contributed by atoms with Crippen LogP contribution >= 0.6 is 0 Å². The average Bonchev–Trinajstić information content (AvgIpc) is 2.18. The van der Waals surface area contributed by atoms with E-state index in [1.54, 1.807) is 0 Å². The van der Waals surface area contributed by atoms with E-state index in [2.05, 4.69) is 20.1 Å². The summed E-state index contributed by atoms with van der Waals surface area (Å²) in [4.78, 5) is 5.18. The number of aliphatic hydroxyl groups excluding tert-OH is 1. The highest BCUT2D eigenvalue weighted by molar-refractivity contribution is 5.53. The van der Waals surface area contributed by atoms with Crippen molar-refractivity contribution >= 4 is 11.4 Å². The van der Waals surface area contributed by atoms with E-state index < -0.39 is 0 Å². The molecular weight excluding hydrogens is 184 g/mol. The molecule has 0 aromatic heterocycles. The van der Waals surface area contributed by atoms with Gasteiger partial charge in [-0.3, -0.25) is 0 Å². The summed E-state index contributed by atoms with van der Waals surface area (Å²) in [6.07, 6.45) is 0. The first kappa shape index (κ1) is 9.88. The number of rotatable bonds is 3. The van der Waals surface area contributed by atoms with Crippen molar-refractivity contribution in [1.82, 2.24) is 0 Å². The quantitative estimate of drug-likeness (QED) is 0.439. The van der Waals surface area contributed by atoms with E-state index in [4.69, 9.17) is 16.2 Å². The molecule has 0 fully saturated rings. The van der Waals surface area contributed by atoms with Gasteiger partial charge in [-0.2, -0.15) is 0 Å². The Kier molecular flexibility index (Phi) is 3.34. The molecule has 0 aliphatic heterocycles. The van der Waals surface area contributed by atoms with E-state index in [0.29, 0.717) is 16.9 Å². The molecule has 0 radical (unpaired) electrons. The van der Waals surface area contributed by atoms with Crippen LogP contribution in [0.5, 0.6) is 0 Å². The minimum Gasteiger partial charge on any atom is -0.392 e. The van der Waals surface area contributed by atoms with Gasteiger partial charge >= 0.3 is 0 Å². The Balaban J connectivity index is 3.25. The second kappa shape index (κ2) is 4.74. The van der Waals surface area contributed by atoms with Crippen LogP contribution in [0.3, 0.4) is 0 Å². The molecule has 0 bridgehead atoms. The third kappa shape index (κ3) is 2.40. The number of benzene rings is 1.